The molecule has 3 rings (SSSR count). The summed E-state index contributed by atoms with van der Waals surface area (Å²) in [7, 11) is 1.34. The number of nitrogens with zero attached hydrogens (tertiary/aromatic N) is 2. The Labute approximate surface area is 137 Å². The third kappa shape index (κ3) is 2.91. The smallest absolute Gasteiger partial charge is 0.410 e. The van der Waals surface area contributed by atoms with Crippen LogP contribution in [0.25, 0.3) is 16.8 Å². The highest BCUT2D eigenvalue weighted by atomic mass is 16.5. The molecule has 1 aromatic carbocycles. The van der Waals surface area contributed by atoms with Gasteiger partial charge in [-0.15, -0.1) is 0 Å². The van der Waals surface area contributed by atoms with Crippen LogP contribution in [0.1, 0.15) is 15.9 Å². The molecule has 7 nitrogen and oxygen atoms in total. The number of esters is 1. The molecule has 0 aliphatic carbocycles. The molecule has 24 heavy (non-hydrogen) atoms. The lowest BCUT2D eigenvalue weighted by molar-refractivity contribution is 0.0600. The van der Waals surface area contributed by atoms with Crippen LogP contribution in [0, 0.1) is 6.92 Å². The summed E-state index contributed by atoms with van der Waals surface area (Å²) < 4.78 is 6.49. The molecule has 1 amide bonds. The van der Waals surface area contributed by atoms with Crippen LogP contribution < -0.4 is 5.32 Å². The molecule has 0 atom stereocenters. The fourth-order valence-electron chi connectivity index (χ4n) is 2.50. The third-order valence-corrected chi connectivity index (χ3v) is 3.66. The Hall–Kier alpha value is -3.35. The first-order chi connectivity index (χ1) is 11.5. The van der Waals surface area contributed by atoms with Gasteiger partial charge in [-0.1, -0.05) is 6.07 Å². The number of pyridine rings is 1. The van der Waals surface area contributed by atoms with Crippen LogP contribution >= 0.6 is 0 Å². The molecule has 0 saturated carbocycles. The van der Waals surface area contributed by atoms with Crippen LogP contribution in [-0.4, -0.2) is 33.7 Å². The second-order valence-corrected chi connectivity index (χ2v) is 5.26. The highest BCUT2D eigenvalue weighted by Gasteiger charge is 2.11. The number of rotatable bonds is 3. The zero-order valence-corrected chi connectivity index (χ0v) is 13.1. The molecule has 0 radical (unpaired) electrons. The minimum atomic E-state index is -1.17. The first-order valence-electron chi connectivity index (χ1n) is 7.16. The molecule has 0 aliphatic rings. The lowest BCUT2D eigenvalue weighted by atomic mass is 9.99. The van der Waals surface area contributed by atoms with E-state index in [9.17, 15) is 9.59 Å². The van der Waals surface area contributed by atoms with Crippen molar-refractivity contribution >= 4 is 23.5 Å². The molecular weight excluding hydrogens is 310 g/mol. The Morgan fingerprint density at radius 2 is 2.00 bits per heavy atom. The summed E-state index contributed by atoms with van der Waals surface area (Å²) in [5.74, 6) is -0.146. The van der Waals surface area contributed by atoms with Crippen LogP contribution in [0.15, 0.2) is 42.7 Å². The van der Waals surface area contributed by atoms with E-state index < -0.39 is 12.1 Å². The number of hydrogen-bond acceptors (Lipinski definition) is 4. The number of hydrogen-bond donors (Lipinski definition) is 2. The Morgan fingerprint density at radius 3 is 2.71 bits per heavy atom. The number of carbonyl (C=O) groups is 2. The van der Waals surface area contributed by atoms with E-state index in [0.29, 0.717) is 11.2 Å². The molecule has 7 heteroatoms. The number of fused-ring (bicyclic) bond motifs is 1. The second-order valence-electron chi connectivity index (χ2n) is 5.26. The summed E-state index contributed by atoms with van der Waals surface area (Å²) in [6, 6.07) is 9.00. The number of anilines is 1. The van der Waals surface area contributed by atoms with Crippen molar-refractivity contribution in [2.75, 3.05) is 12.4 Å². The molecule has 122 valence electrons. The van der Waals surface area contributed by atoms with Crippen molar-refractivity contribution in [2.24, 2.45) is 0 Å². The molecule has 0 unspecified atom stereocenters. The maximum absolute atomic E-state index is 11.7. The van der Waals surface area contributed by atoms with Gasteiger partial charge in [0.15, 0.2) is 5.82 Å². The Balaban J connectivity index is 2.05. The van der Waals surface area contributed by atoms with Crippen molar-refractivity contribution in [3.63, 3.8) is 0 Å². The van der Waals surface area contributed by atoms with Gasteiger partial charge in [0.05, 0.1) is 18.9 Å². The van der Waals surface area contributed by atoms with Crippen molar-refractivity contribution < 1.29 is 19.4 Å². The van der Waals surface area contributed by atoms with Gasteiger partial charge in [0.2, 0.25) is 0 Å². The third-order valence-electron chi connectivity index (χ3n) is 3.66. The fourth-order valence-corrected chi connectivity index (χ4v) is 2.50. The number of methoxy groups -OCH3 is 1. The van der Waals surface area contributed by atoms with Crippen LogP contribution in [0.3, 0.4) is 0 Å². The molecule has 0 bridgehead atoms. The molecule has 0 aliphatic heterocycles. The van der Waals surface area contributed by atoms with E-state index in [4.69, 9.17) is 9.84 Å². The summed E-state index contributed by atoms with van der Waals surface area (Å²) in [5, 5.41) is 11.0. The molecular formula is C17H15N3O4. The van der Waals surface area contributed by atoms with E-state index in [1.54, 1.807) is 28.8 Å². The van der Waals surface area contributed by atoms with E-state index >= 15 is 0 Å². The molecule has 2 heterocycles. The van der Waals surface area contributed by atoms with Crippen LogP contribution in [0.2, 0.25) is 0 Å². The van der Waals surface area contributed by atoms with Crippen molar-refractivity contribution in [1.82, 2.24) is 9.38 Å². The summed E-state index contributed by atoms with van der Waals surface area (Å²) in [4.78, 5) is 26.6. The van der Waals surface area contributed by atoms with Gasteiger partial charge in [0.25, 0.3) is 0 Å². The predicted octanol–water partition coefficient (Wildman–Crippen LogP) is 3.19. The van der Waals surface area contributed by atoms with Gasteiger partial charge in [-0.2, -0.15) is 0 Å². The second kappa shape index (κ2) is 6.04. The lowest BCUT2D eigenvalue weighted by Crippen LogP contribution is -2.06. The summed E-state index contributed by atoms with van der Waals surface area (Å²) in [6.07, 6.45) is 2.26. The van der Waals surface area contributed by atoms with Crippen LogP contribution in [0.5, 0.6) is 0 Å². The summed E-state index contributed by atoms with van der Waals surface area (Å²) in [6.45, 7) is 1.95. The minimum absolute atomic E-state index is 0.250. The highest BCUT2D eigenvalue weighted by molar-refractivity contribution is 5.91. The molecule has 0 fully saturated rings. The zero-order chi connectivity index (χ0) is 17.3. The number of amides is 1. The first kappa shape index (κ1) is 15.5. The van der Waals surface area contributed by atoms with Gasteiger partial charge < -0.3 is 14.2 Å². The molecule has 3 aromatic rings. The fraction of sp³-hybridized carbons (Fsp3) is 0.118. The standard InChI is InChI=1S/C17H15N3O4/c1-10-3-4-11(16(21)24-2)7-13(10)12-5-6-15-18-14(19-17(22)23)9-20(15)8-12/h3-9,19H,1-2H3,(H,22,23). The molecule has 0 spiro atoms. The van der Waals surface area contributed by atoms with E-state index in [0.717, 1.165) is 16.7 Å². The number of benzene rings is 1. The average molecular weight is 325 g/mol. The van der Waals surface area contributed by atoms with Crippen LogP contribution in [-0.2, 0) is 4.74 Å². The number of imidazole rings is 1. The molecule has 2 aromatic heterocycles. The number of nitrogens with one attached hydrogen (secondary N) is 1. The Kier molecular flexibility index (Phi) is 3.91. The number of carbonyl (C=O) groups excluding carboxylic acids is 1. The minimum Gasteiger partial charge on any atom is -0.465 e. The molecule has 0 saturated heterocycles. The lowest BCUT2D eigenvalue weighted by Gasteiger charge is -2.09. The normalized spacial score (nSPS) is 10.6. The molecule has 2 N–H and O–H groups in total. The maximum atomic E-state index is 11.7. The monoisotopic (exact) mass is 325 g/mol. The quantitative estimate of drug-likeness (QED) is 0.721. The number of aryl methyl sites for hydroxylation is 1. The number of ether oxygens (including phenoxy) is 1. The topological polar surface area (TPSA) is 92.9 Å². The van der Waals surface area contributed by atoms with Gasteiger partial charge in [-0.3, -0.25) is 5.32 Å². The van der Waals surface area contributed by atoms with Crippen molar-refractivity contribution in [3.8, 4) is 11.1 Å². The zero-order valence-electron chi connectivity index (χ0n) is 13.1. The predicted molar refractivity (Wildman–Crippen MR) is 88.4 cm³/mol. The average Bonchev–Trinajstić information content (AvgIpc) is 2.94. The van der Waals surface area contributed by atoms with Gasteiger partial charge >= 0.3 is 12.1 Å². The van der Waals surface area contributed by atoms with E-state index in [1.165, 1.54) is 7.11 Å². The largest absolute Gasteiger partial charge is 0.465 e. The van der Waals surface area contributed by atoms with Gasteiger partial charge in [0.1, 0.15) is 5.65 Å². The SMILES string of the molecule is COC(=O)c1ccc(C)c(-c2ccc3nc(NC(=O)O)cn3c2)c1. The number of carboxylic acid groups (broad SMARTS) is 1. The Bertz CT molecular complexity index is 946. The Morgan fingerprint density at radius 1 is 1.21 bits per heavy atom. The van der Waals surface area contributed by atoms with Gasteiger partial charge in [0, 0.05) is 6.20 Å². The maximum Gasteiger partial charge on any atom is 0.410 e. The summed E-state index contributed by atoms with van der Waals surface area (Å²) >= 11 is 0. The van der Waals surface area contributed by atoms with Crippen molar-refractivity contribution in [3.05, 3.63) is 53.9 Å². The van der Waals surface area contributed by atoms with Gasteiger partial charge in [-0.05, 0) is 47.9 Å². The summed E-state index contributed by atoms with van der Waals surface area (Å²) in [5.41, 5.74) is 3.86. The van der Waals surface area contributed by atoms with Gasteiger partial charge in [-0.25, -0.2) is 14.6 Å². The van der Waals surface area contributed by atoms with Crippen molar-refractivity contribution in [2.45, 2.75) is 6.92 Å². The highest BCUT2D eigenvalue weighted by Crippen LogP contribution is 2.26. The number of aromatic nitrogens is 2. The first-order valence-corrected chi connectivity index (χ1v) is 7.16. The van der Waals surface area contributed by atoms with E-state index in [2.05, 4.69) is 10.3 Å². The van der Waals surface area contributed by atoms with E-state index in [-0.39, 0.29) is 5.82 Å². The van der Waals surface area contributed by atoms with Crippen LogP contribution in [0.4, 0.5) is 10.6 Å². The van der Waals surface area contributed by atoms with E-state index in [1.807, 2.05) is 25.3 Å². The van der Waals surface area contributed by atoms with Crippen molar-refractivity contribution in [1.29, 1.82) is 0 Å².